The van der Waals surface area contributed by atoms with Crippen molar-refractivity contribution in [1.29, 1.82) is 0 Å². The summed E-state index contributed by atoms with van der Waals surface area (Å²) in [5.41, 5.74) is -2.38. The van der Waals surface area contributed by atoms with Crippen LogP contribution in [0.25, 0.3) is 0 Å². The second kappa shape index (κ2) is 7.70. The highest BCUT2D eigenvalue weighted by Gasteiger charge is 2.75. The van der Waals surface area contributed by atoms with Crippen molar-refractivity contribution in [2.24, 2.45) is 28.6 Å². The number of fused-ring (bicyclic) bond motifs is 5. The molecule has 0 amide bonds. The molecule has 4 rings (SSSR count). The van der Waals surface area contributed by atoms with Gasteiger partial charge in [-0.3, -0.25) is 14.4 Å². The number of hydrogen-bond acceptors (Lipinski definition) is 5. The summed E-state index contributed by atoms with van der Waals surface area (Å²) in [4.78, 5) is 36.8. The molecule has 4 aliphatic rings. The van der Waals surface area contributed by atoms with Crippen molar-refractivity contribution in [3.05, 3.63) is 0 Å². The van der Waals surface area contributed by atoms with E-state index in [1.165, 1.54) is 0 Å². The van der Waals surface area contributed by atoms with Crippen LogP contribution in [0.1, 0.15) is 78.6 Å². The van der Waals surface area contributed by atoms with E-state index in [1.54, 1.807) is 6.92 Å². The first-order chi connectivity index (χ1) is 14.5. The Morgan fingerprint density at radius 3 is 2.48 bits per heavy atom. The van der Waals surface area contributed by atoms with Crippen LogP contribution < -0.4 is 0 Å². The number of carbonyl (C=O) groups is 3. The smallest absolute Gasteiger partial charge is 0.306 e. The van der Waals surface area contributed by atoms with Gasteiger partial charge in [0, 0.05) is 24.7 Å². The highest BCUT2D eigenvalue weighted by molar-refractivity contribution is 6.29. The number of alkyl halides is 2. The summed E-state index contributed by atoms with van der Waals surface area (Å²) < 4.78 is 5.91. The maximum Gasteiger partial charge on any atom is 0.306 e. The Hall–Kier alpha value is -0.650. The minimum atomic E-state index is -1.31. The molecular weight excluding hydrogens is 439 g/mol. The van der Waals surface area contributed by atoms with Crippen molar-refractivity contribution in [1.82, 2.24) is 0 Å². The number of esters is 1. The van der Waals surface area contributed by atoms with Crippen molar-refractivity contribution in [3.8, 4) is 0 Å². The molecule has 31 heavy (non-hydrogen) atoms. The summed E-state index contributed by atoms with van der Waals surface area (Å²) in [6, 6.07) is 0. The van der Waals surface area contributed by atoms with E-state index in [0.29, 0.717) is 32.1 Å². The molecular formula is C24H34Cl2O5. The van der Waals surface area contributed by atoms with Gasteiger partial charge in [-0.1, -0.05) is 20.8 Å². The second-order valence-electron chi connectivity index (χ2n) is 10.8. The Bertz CT molecular complexity index is 801. The molecule has 4 saturated carbocycles. The van der Waals surface area contributed by atoms with Gasteiger partial charge in [0.2, 0.25) is 0 Å². The number of hydrogen-bond donors (Lipinski definition) is 1. The minimum absolute atomic E-state index is 0.0114. The highest BCUT2D eigenvalue weighted by Crippen LogP contribution is 2.72. The van der Waals surface area contributed by atoms with Gasteiger partial charge < -0.3 is 9.84 Å². The normalized spacial score (nSPS) is 49.0. The summed E-state index contributed by atoms with van der Waals surface area (Å²) >= 11 is 13.5. The van der Waals surface area contributed by atoms with Gasteiger partial charge in [-0.2, -0.15) is 0 Å². The quantitative estimate of drug-likeness (QED) is 0.483. The van der Waals surface area contributed by atoms with Crippen molar-refractivity contribution in [3.63, 3.8) is 0 Å². The molecule has 2 unspecified atom stereocenters. The first-order valence-electron chi connectivity index (χ1n) is 11.7. The van der Waals surface area contributed by atoms with Crippen LogP contribution in [0, 0.1) is 28.6 Å². The molecule has 0 radical (unpaired) electrons. The molecule has 0 aliphatic heterocycles. The maximum absolute atomic E-state index is 13.2. The molecule has 0 bridgehead atoms. The first-order valence-corrected chi connectivity index (χ1v) is 12.6. The average Bonchev–Trinajstić information content (AvgIpc) is 3.01. The third-order valence-electron chi connectivity index (χ3n) is 9.82. The summed E-state index contributed by atoms with van der Waals surface area (Å²) in [5.74, 6) is -0.431. The molecule has 4 fully saturated rings. The van der Waals surface area contributed by atoms with Crippen molar-refractivity contribution in [2.75, 3.05) is 5.88 Å². The number of ether oxygens (including phenoxy) is 1. The number of halogens is 2. The molecule has 7 heteroatoms. The third kappa shape index (κ3) is 2.94. The number of Topliss-reactive ketones (excluding diaryl/α,β-unsaturated/α-hetero) is 2. The molecule has 8 atom stereocenters. The van der Waals surface area contributed by atoms with Gasteiger partial charge in [-0.15, -0.1) is 23.2 Å². The van der Waals surface area contributed by atoms with Crippen molar-refractivity contribution in [2.45, 2.75) is 95.1 Å². The van der Waals surface area contributed by atoms with E-state index in [4.69, 9.17) is 27.9 Å². The molecule has 0 spiro atoms. The number of carbonyl (C=O) groups excluding carboxylic acids is 3. The fourth-order valence-corrected chi connectivity index (χ4v) is 8.90. The number of ketones is 2. The average molecular weight is 473 g/mol. The molecule has 1 N–H and O–H groups in total. The van der Waals surface area contributed by atoms with Crippen LogP contribution in [0.5, 0.6) is 0 Å². The Balaban J connectivity index is 1.77. The zero-order valence-corrected chi connectivity index (χ0v) is 20.2. The largest absolute Gasteiger partial charge is 0.450 e. The van der Waals surface area contributed by atoms with Crippen molar-refractivity contribution < 1.29 is 24.2 Å². The molecule has 174 valence electrons. The van der Waals surface area contributed by atoms with Gasteiger partial charge in [0.1, 0.15) is 5.78 Å². The zero-order chi connectivity index (χ0) is 22.8. The SMILES string of the molecule is CCC(=O)O[C@]1(C(=O)CCl)CC[C@H]2[C@@H]3CCC4CC(=O)CC[C@]4(C)[C@@]3(Cl)C(O)C[C@@]21C. The lowest BCUT2D eigenvalue weighted by molar-refractivity contribution is -0.203. The topological polar surface area (TPSA) is 80.7 Å². The van der Waals surface area contributed by atoms with E-state index in [-0.39, 0.29) is 53.5 Å². The first kappa shape index (κ1) is 23.5. The monoisotopic (exact) mass is 472 g/mol. The fourth-order valence-electron chi connectivity index (χ4n) is 8.10. The maximum atomic E-state index is 13.2. The summed E-state index contributed by atoms with van der Waals surface area (Å²) in [6.45, 7) is 5.84. The zero-order valence-electron chi connectivity index (χ0n) is 18.7. The van der Waals surface area contributed by atoms with Crippen LogP contribution in [-0.4, -0.2) is 45.1 Å². The Morgan fingerprint density at radius 2 is 1.84 bits per heavy atom. The Morgan fingerprint density at radius 1 is 1.13 bits per heavy atom. The van der Waals surface area contributed by atoms with Crippen LogP contribution >= 0.6 is 23.2 Å². The standard InChI is InChI=1S/C24H34Cl2O5/c1-4-20(30)31-23(19(29)13-25)10-8-16-17-6-5-14-11-15(27)7-9-21(14,2)24(17,26)18(28)12-22(16,23)3/h14,16-18,28H,4-13H2,1-3H3/t14?,16-,17-,18?,21-,22-,23-,24-/m0/s1. The van der Waals surface area contributed by atoms with Crippen LogP contribution in [0.15, 0.2) is 0 Å². The molecule has 0 aromatic carbocycles. The van der Waals surface area contributed by atoms with Gasteiger partial charge >= 0.3 is 5.97 Å². The number of rotatable bonds is 4. The van der Waals surface area contributed by atoms with E-state index < -0.39 is 28.0 Å². The van der Waals surface area contributed by atoms with Crippen LogP contribution in [0.2, 0.25) is 0 Å². The van der Waals surface area contributed by atoms with Gasteiger partial charge in [0.15, 0.2) is 11.4 Å². The lowest BCUT2D eigenvalue weighted by Crippen LogP contribution is -2.70. The van der Waals surface area contributed by atoms with E-state index in [2.05, 4.69) is 6.92 Å². The van der Waals surface area contributed by atoms with E-state index >= 15 is 0 Å². The molecule has 4 aliphatic carbocycles. The van der Waals surface area contributed by atoms with Gasteiger partial charge in [-0.25, -0.2) is 0 Å². The molecule has 0 aromatic rings. The summed E-state index contributed by atoms with van der Waals surface area (Å²) in [7, 11) is 0. The lowest BCUT2D eigenvalue weighted by atomic mass is 9.43. The number of aliphatic hydroxyl groups excluding tert-OH is 1. The predicted octanol–water partition coefficient (Wildman–Crippen LogP) is 4.43. The summed E-state index contributed by atoms with van der Waals surface area (Å²) in [5, 5.41) is 11.6. The minimum Gasteiger partial charge on any atom is -0.450 e. The third-order valence-corrected chi connectivity index (χ3v) is 11.0. The summed E-state index contributed by atoms with van der Waals surface area (Å²) in [6.07, 6.45) is 4.16. The molecule has 0 saturated heterocycles. The van der Waals surface area contributed by atoms with E-state index in [9.17, 15) is 19.5 Å². The van der Waals surface area contributed by atoms with Gasteiger partial charge in [-0.05, 0) is 61.7 Å². The van der Waals surface area contributed by atoms with Gasteiger partial charge in [0.05, 0.1) is 16.9 Å². The fraction of sp³-hybridized carbons (Fsp3) is 0.875. The van der Waals surface area contributed by atoms with Crippen molar-refractivity contribution >= 4 is 40.7 Å². The van der Waals surface area contributed by atoms with E-state index in [0.717, 1.165) is 12.8 Å². The van der Waals surface area contributed by atoms with E-state index in [1.807, 2.05) is 6.92 Å². The second-order valence-corrected chi connectivity index (χ2v) is 11.7. The molecule has 0 aromatic heterocycles. The predicted molar refractivity (Wildman–Crippen MR) is 118 cm³/mol. The molecule has 5 nitrogen and oxygen atoms in total. The number of aliphatic hydroxyl groups is 1. The Kier molecular flexibility index (Phi) is 5.84. The van der Waals surface area contributed by atoms with Crippen LogP contribution in [0.4, 0.5) is 0 Å². The lowest BCUT2D eigenvalue weighted by Gasteiger charge is -2.66. The highest BCUT2D eigenvalue weighted by atomic mass is 35.5. The van der Waals surface area contributed by atoms with Gasteiger partial charge in [0.25, 0.3) is 0 Å². The van der Waals surface area contributed by atoms with Crippen LogP contribution in [-0.2, 0) is 19.1 Å². The van der Waals surface area contributed by atoms with Crippen LogP contribution in [0.3, 0.4) is 0 Å². The molecule has 0 heterocycles. The Labute approximate surface area is 194 Å².